The Bertz CT molecular complexity index is 1480. The van der Waals surface area contributed by atoms with Crippen LogP contribution in [0.25, 0.3) is 10.2 Å². The molecule has 9 heteroatoms. The van der Waals surface area contributed by atoms with E-state index in [1.165, 1.54) is 23.7 Å². The Morgan fingerprint density at radius 3 is 2.49 bits per heavy atom. The van der Waals surface area contributed by atoms with Crippen molar-refractivity contribution in [3.8, 4) is 0 Å². The molecule has 0 bridgehead atoms. The lowest BCUT2D eigenvalue weighted by molar-refractivity contribution is 0.0589. The molecule has 1 unspecified atom stereocenters. The van der Waals surface area contributed by atoms with E-state index < -0.39 is 6.04 Å². The Morgan fingerprint density at radius 2 is 1.86 bits per heavy atom. The lowest BCUT2D eigenvalue weighted by Crippen LogP contribution is -2.51. The summed E-state index contributed by atoms with van der Waals surface area (Å²) in [6, 6.07) is 13.3. The molecule has 1 fully saturated rings. The maximum atomic E-state index is 13.9. The number of carbonyl (C=O) groups is 1. The van der Waals surface area contributed by atoms with Gasteiger partial charge in [0.1, 0.15) is 11.6 Å². The number of hydrogen-bond donors (Lipinski definition) is 1. The Kier molecular flexibility index (Phi) is 7.17. The molecule has 0 radical (unpaired) electrons. The average molecular weight is 520 g/mol. The number of benzene rings is 2. The fourth-order valence-electron chi connectivity index (χ4n) is 4.77. The van der Waals surface area contributed by atoms with Gasteiger partial charge in [0, 0.05) is 31.1 Å². The Labute approximate surface area is 219 Å². The summed E-state index contributed by atoms with van der Waals surface area (Å²) in [4.78, 5) is 35.1. The van der Waals surface area contributed by atoms with Gasteiger partial charge in [0.2, 0.25) is 0 Å². The summed E-state index contributed by atoms with van der Waals surface area (Å²) in [5.74, 6) is 0.441. The topological polar surface area (TPSA) is 80.1 Å². The molecule has 7 nitrogen and oxygen atoms in total. The van der Waals surface area contributed by atoms with E-state index in [0.717, 1.165) is 24.2 Å². The second-order valence-corrected chi connectivity index (χ2v) is 10.5. The third kappa shape index (κ3) is 5.06. The zero-order chi connectivity index (χ0) is 26.1. The number of nitrogens with one attached hydrogen (secondary N) is 1. The van der Waals surface area contributed by atoms with Crippen LogP contribution in [0.15, 0.2) is 53.3 Å². The quantitative estimate of drug-likeness (QED) is 0.372. The van der Waals surface area contributed by atoms with Crippen molar-refractivity contribution in [3.63, 3.8) is 0 Å². The summed E-state index contributed by atoms with van der Waals surface area (Å²) in [7, 11) is 0. The molecular weight excluding hydrogens is 489 g/mol. The van der Waals surface area contributed by atoms with Gasteiger partial charge in [-0.1, -0.05) is 36.8 Å². The molecule has 1 saturated heterocycles. The molecule has 1 atom stereocenters. The van der Waals surface area contributed by atoms with E-state index in [-0.39, 0.29) is 23.8 Å². The van der Waals surface area contributed by atoms with Crippen molar-refractivity contribution in [2.45, 2.75) is 39.8 Å². The van der Waals surface area contributed by atoms with Crippen molar-refractivity contribution in [2.24, 2.45) is 5.92 Å². The first-order chi connectivity index (χ1) is 17.9. The van der Waals surface area contributed by atoms with Crippen LogP contribution in [0.3, 0.4) is 0 Å². The SMILES string of the molecule is CCC(c1nc2snc(C)c2c(=O)n1Cc1ccc(F)cc1)N(CC1CNC1)C(=O)c1ccc(C)cc1. The number of carbonyl (C=O) groups excluding carboxylic acids is 1. The summed E-state index contributed by atoms with van der Waals surface area (Å²) >= 11 is 1.20. The second-order valence-electron chi connectivity index (χ2n) is 9.71. The zero-order valence-electron chi connectivity index (χ0n) is 21.2. The van der Waals surface area contributed by atoms with Crippen LogP contribution in [0.1, 0.15) is 52.4 Å². The molecule has 2 aromatic carbocycles. The molecular formula is C28H30FN5O2S. The first kappa shape index (κ1) is 25.2. The molecule has 3 heterocycles. The number of rotatable bonds is 8. The van der Waals surface area contributed by atoms with E-state index >= 15 is 0 Å². The van der Waals surface area contributed by atoms with E-state index in [9.17, 15) is 14.0 Å². The number of halogens is 1. The molecule has 1 amide bonds. The highest BCUT2D eigenvalue weighted by Crippen LogP contribution is 2.29. The minimum atomic E-state index is -0.422. The molecule has 4 aromatic rings. The number of fused-ring (bicyclic) bond motifs is 1. The molecule has 1 N–H and O–H groups in total. The van der Waals surface area contributed by atoms with Gasteiger partial charge >= 0.3 is 0 Å². The lowest BCUT2D eigenvalue weighted by Gasteiger charge is -2.38. The maximum Gasteiger partial charge on any atom is 0.264 e. The fraction of sp³-hybridized carbons (Fsp3) is 0.357. The summed E-state index contributed by atoms with van der Waals surface area (Å²) in [6.07, 6.45) is 0.580. The van der Waals surface area contributed by atoms with Gasteiger partial charge in [0.15, 0.2) is 4.83 Å². The average Bonchev–Trinajstić information content (AvgIpc) is 3.24. The minimum absolute atomic E-state index is 0.0816. The molecule has 0 spiro atoms. The summed E-state index contributed by atoms with van der Waals surface area (Å²) in [6.45, 7) is 8.28. The minimum Gasteiger partial charge on any atom is -0.328 e. The van der Waals surface area contributed by atoms with Gasteiger partial charge in [-0.2, -0.15) is 4.37 Å². The van der Waals surface area contributed by atoms with Crippen LogP contribution in [0.2, 0.25) is 0 Å². The number of aryl methyl sites for hydroxylation is 2. The largest absolute Gasteiger partial charge is 0.328 e. The third-order valence-electron chi connectivity index (χ3n) is 6.99. The first-order valence-corrected chi connectivity index (χ1v) is 13.3. The monoisotopic (exact) mass is 519 g/mol. The number of aromatic nitrogens is 3. The van der Waals surface area contributed by atoms with Gasteiger partial charge < -0.3 is 10.2 Å². The first-order valence-electron chi connectivity index (χ1n) is 12.5. The smallest absolute Gasteiger partial charge is 0.264 e. The van der Waals surface area contributed by atoms with Crippen LogP contribution in [0, 0.1) is 25.6 Å². The summed E-state index contributed by atoms with van der Waals surface area (Å²) in [5.41, 5.74) is 2.92. The van der Waals surface area contributed by atoms with Crippen LogP contribution >= 0.6 is 11.5 Å². The van der Waals surface area contributed by atoms with Gasteiger partial charge in [-0.3, -0.25) is 14.2 Å². The van der Waals surface area contributed by atoms with Crippen molar-refractivity contribution >= 4 is 27.7 Å². The van der Waals surface area contributed by atoms with Crippen LogP contribution in [0.5, 0.6) is 0 Å². The van der Waals surface area contributed by atoms with Crippen LogP contribution in [-0.2, 0) is 6.54 Å². The number of hydrogen-bond acceptors (Lipinski definition) is 6. The zero-order valence-corrected chi connectivity index (χ0v) is 22.0. The standard InChI is InChI=1S/C28H30FN5O2S/c1-4-23(33(16-20-13-30-14-20)27(35)21-9-5-17(2)6-10-21)25-31-26-24(18(3)32-37-26)28(36)34(25)15-19-7-11-22(29)12-8-19/h5-12,20,23,30H,4,13-16H2,1-3H3. The highest BCUT2D eigenvalue weighted by atomic mass is 32.1. The van der Waals surface area contributed by atoms with Gasteiger partial charge in [-0.25, -0.2) is 9.37 Å². The highest BCUT2D eigenvalue weighted by Gasteiger charge is 2.33. The van der Waals surface area contributed by atoms with Crippen LogP contribution in [0.4, 0.5) is 4.39 Å². The van der Waals surface area contributed by atoms with Crippen molar-refractivity contribution in [1.82, 2.24) is 24.1 Å². The van der Waals surface area contributed by atoms with E-state index in [2.05, 4.69) is 9.69 Å². The van der Waals surface area contributed by atoms with E-state index in [1.54, 1.807) is 23.6 Å². The predicted octanol–water partition coefficient (Wildman–Crippen LogP) is 4.47. The van der Waals surface area contributed by atoms with Crippen LogP contribution in [-0.4, -0.2) is 44.4 Å². The Morgan fingerprint density at radius 1 is 1.16 bits per heavy atom. The molecule has 5 rings (SSSR count). The Hall–Kier alpha value is -3.43. The maximum absolute atomic E-state index is 13.9. The number of nitrogens with zero attached hydrogens (tertiary/aromatic N) is 4. The number of amides is 1. The molecule has 1 aliphatic heterocycles. The van der Waals surface area contributed by atoms with Gasteiger partial charge in [0.25, 0.3) is 11.5 Å². The van der Waals surface area contributed by atoms with Gasteiger partial charge in [0.05, 0.1) is 23.7 Å². The highest BCUT2D eigenvalue weighted by molar-refractivity contribution is 7.12. The molecule has 192 valence electrons. The van der Waals surface area contributed by atoms with E-state index in [4.69, 9.17) is 4.98 Å². The second kappa shape index (κ2) is 10.5. The van der Waals surface area contributed by atoms with Crippen molar-refractivity contribution < 1.29 is 9.18 Å². The normalized spacial score (nSPS) is 14.5. The molecule has 0 saturated carbocycles. The van der Waals surface area contributed by atoms with Crippen LogP contribution < -0.4 is 10.9 Å². The summed E-state index contributed by atoms with van der Waals surface area (Å²) in [5, 5.41) is 3.78. The summed E-state index contributed by atoms with van der Waals surface area (Å²) < 4.78 is 19.6. The van der Waals surface area contributed by atoms with E-state index in [1.807, 2.05) is 43.0 Å². The van der Waals surface area contributed by atoms with Crippen molar-refractivity contribution in [3.05, 3.63) is 92.9 Å². The molecule has 37 heavy (non-hydrogen) atoms. The van der Waals surface area contributed by atoms with Crippen molar-refractivity contribution in [2.75, 3.05) is 19.6 Å². The fourth-order valence-corrected chi connectivity index (χ4v) is 5.55. The van der Waals surface area contributed by atoms with Gasteiger partial charge in [-0.15, -0.1) is 0 Å². The third-order valence-corrected chi connectivity index (χ3v) is 7.83. The predicted molar refractivity (Wildman–Crippen MR) is 144 cm³/mol. The Balaban J connectivity index is 1.64. The molecule has 0 aliphatic carbocycles. The van der Waals surface area contributed by atoms with E-state index in [0.29, 0.717) is 46.2 Å². The molecule has 1 aliphatic rings. The van der Waals surface area contributed by atoms with Gasteiger partial charge in [-0.05, 0) is 61.6 Å². The van der Waals surface area contributed by atoms with Crippen molar-refractivity contribution in [1.29, 1.82) is 0 Å². The molecule has 2 aromatic heterocycles. The lowest BCUT2D eigenvalue weighted by atomic mass is 9.99.